The van der Waals surface area contributed by atoms with Gasteiger partial charge in [-0.25, -0.2) is 4.79 Å². The summed E-state index contributed by atoms with van der Waals surface area (Å²) in [6.07, 6.45) is 0. The molecule has 1 aromatic carbocycles. The number of methoxy groups -OCH3 is 1. The van der Waals surface area contributed by atoms with E-state index < -0.39 is 6.04 Å². The quantitative estimate of drug-likeness (QED) is 0.281. The summed E-state index contributed by atoms with van der Waals surface area (Å²) >= 11 is 0. The fourth-order valence-corrected chi connectivity index (χ4v) is 1.81. The molecule has 0 saturated carbocycles. The minimum Gasteiger partial charge on any atom is -0.468 e. The third-order valence-electron chi connectivity index (χ3n) is 2.81. The van der Waals surface area contributed by atoms with E-state index in [2.05, 4.69) is 15.3 Å². The van der Waals surface area contributed by atoms with Crippen molar-refractivity contribution in [1.82, 2.24) is 5.32 Å². The van der Waals surface area contributed by atoms with Crippen molar-refractivity contribution in [3.8, 4) is 0 Å². The molecule has 1 unspecified atom stereocenters. The lowest BCUT2D eigenvalue weighted by molar-refractivity contribution is -0.143. The molecule has 0 aromatic heterocycles. The van der Waals surface area contributed by atoms with E-state index in [0.29, 0.717) is 6.54 Å². The summed E-state index contributed by atoms with van der Waals surface area (Å²) in [6.45, 7) is 4.61. The molecule has 0 saturated heterocycles. The van der Waals surface area contributed by atoms with Gasteiger partial charge in [-0.05, 0) is 30.5 Å². The molecule has 19 heavy (non-hydrogen) atoms. The minimum atomic E-state index is -0.543. The van der Waals surface area contributed by atoms with Gasteiger partial charge in [-0.15, -0.1) is 0 Å². The van der Waals surface area contributed by atoms with Crippen molar-refractivity contribution in [2.45, 2.75) is 19.9 Å². The Balaban J connectivity index is 2.92. The number of nitrogens with one attached hydrogen (secondary N) is 1. The van der Waals surface area contributed by atoms with Crippen LogP contribution in [0.3, 0.4) is 0 Å². The van der Waals surface area contributed by atoms with E-state index in [9.17, 15) is 4.79 Å². The van der Waals surface area contributed by atoms with Gasteiger partial charge in [-0.1, -0.05) is 28.9 Å². The number of hydrogen-bond acceptors (Lipinski definition) is 4. The lowest BCUT2D eigenvalue weighted by Gasteiger charge is -2.19. The van der Waals surface area contributed by atoms with Crippen LogP contribution in [0.2, 0.25) is 0 Å². The maximum Gasteiger partial charge on any atom is 0.327 e. The fourth-order valence-electron chi connectivity index (χ4n) is 1.81. The molecule has 0 fully saturated rings. The van der Waals surface area contributed by atoms with Crippen molar-refractivity contribution >= 4 is 5.97 Å². The normalized spacial score (nSPS) is 11.5. The smallest absolute Gasteiger partial charge is 0.327 e. The number of esters is 1. The van der Waals surface area contributed by atoms with Gasteiger partial charge < -0.3 is 10.1 Å². The topological polar surface area (TPSA) is 87.1 Å². The summed E-state index contributed by atoms with van der Waals surface area (Å²) in [5, 5.41) is 6.48. The first kappa shape index (κ1) is 15.0. The summed E-state index contributed by atoms with van der Waals surface area (Å²) in [5.41, 5.74) is 11.2. The van der Waals surface area contributed by atoms with Gasteiger partial charge in [0.2, 0.25) is 0 Å². The van der Waals surface area contributed by atoms with Crippen molar-refractivity contribution in [2.75, 3.05) is 20.2 Å². The van der Waals surface area contributed by atoms with Crippen molar-refractivity contribution in [3.05, 3.63) is 45.3 Å². The van der Waals surface area contributed by atoms with E-state index in [1.807, 2.05) is 32.0 Å². The summed E-state index contributed by atoms with van der Waals surface area (Å²) < 4.78 is 4.81. The van der Waals surface area contributed by atoms with Crippen LogP contribution < -0.4 is 5.32 Å². The van der Waals surface area contributed by atoms with Gasteiger partial charge in [0.25, 0.3) is 0 Å². The number of ether oxygens (including phenoxy) is 1. The zero-order valence-electron chi connectivity index (χ0n) is 11.4. The van der Waals surface area contributed by atoms with Gasteiger partial charge in [0.05, 0.1) is 7.11 Å². The molecule has 1 N–H and O–H groups in total. The van der Waals surface area contributed by atoms with Gasteiger partial charge in [0, 0.05) is 18.0 Å². The van der Waals surface area contributed by atoms with Gasteiger partial charge >= 0.3 is 5.97 Å². The highest BCUT2D eigenvalue weighted by Crippen LogP contribution is 2.20. The van der Waals surface area contributed by atoms with Crippen LogP contribution in [0.1, 0.15) is 22.7 Å². The van der Waals surface area contributed by atoms with Crippen LogP contribution in [-0.4, -0.2) is 26.2 Å². The Morgan fingerprint density at radius 1 is 1.53 bits per heavy atom. The molecule has 6 nitrogen and oxygen atoms in total. The van der Waals surface area contributed by atoms with E-state index in [1.54, 1.807) is 0 Å². The second-order valence-electron chi connectivity index (χ2n) is 4.22. The monoisotopic (exact) mass is 262 g/mol. The summed E-state index contributed by atoms with van der Waals surface area (Å²) in [4.78, 5) is 14.5. The van der Waals surface area contributed by atoms with Crippen molar-refractivity contribution in [2.24, 2.45) is 5.11 Å². The number of benzene rings is 1. The summed E-state index contributed by atoms with van der Waals surface area (Å²) in [7, 11) is 1.36. The predicted molar refractivity (Wildman–Crippen MR) is 72.7 cm³/mol. The minimum absolute atomic E-state index is 0.287. The third kappa shape index (κ3) is 4.28. The van der Waals surface area contributed by atoms with Crippen molar-refractivity contribution in [3.63, 3.8) is 0 Å². The van der Waals surface area contributed by atoms with E-state index >= 15 is 0 Å². The van der Waals surface area contributed by atoms with Crippen LogP contribution in [0.25, 0.3) is 10.4 Å². The molecule has 0 heterocycles. The van der Waals surface area contributed by atoms with Gasteiger partial charge in [0.15, 0.2) is 0 Å². The third-order valence-corrected chi connectivity index (χ3v) is 2.81. The van der Waals surface area contributed by atoms with Crippen LogP contribution in [0.5, 0.6) is 0 Å². The average Bonchev–Trinajstić information content (AvgIpc) is 2.41. The second kappa shape index (κ2) is 7.41. The molecule has 0 aliphatic rings. The summed E-state index contributed by atoms with van der Waals surface area (Å²) in [6, 6.07) is 5.37. The van der Waals surface area contributed by atoms with E-state index in [-0.39, 0.29) is 12.5 Å². The molecule has 1 atom stereocenters. The lowest BCUT2D eigenvalue weighted by atomic mass is 9.99. The van der Waals surface area contributed by atoms with Crippen LogP contribution in [-0.2, 0) is 9.53 Å². The van der Waals surface area contributed by atoms with Crippen LogP contribution in [0, 0.1) is 13.8 Å². The molecule has 102 valence electrons. The molecular weight excluding hydrogens is 244 g/mol. The molecule has 0 aliphatic carbocycles. The maximum atomic E-state index is 11.9. The molecule has 1 aromatic rings. The molecule has 6 heteroatoms. The summed E-state index contributed by atoms with van der Waals surface area (Å²) in [5.74, 6) is -0.352. The average molecular weight is 262 g/mol. The largest absolute Gasteiger partial charge is 0.468 e. The number of azide groups is 1. The lowest BCUT2D eigenvalue weighted by Crippen LogP contribution is -2.32. The van der Waals surface area contributed by atoms with Gasteiger partial charge in [-0.3, -0.25) is 0 Å². The highest BCUT2D eigenvalue weighted by atomic mass is 16.5. The molecule has 0 radical (unpaired) electrons. The molecule has 0 aliphatic heterocycles. The first-order valence-corrected chi connectivity index (χ1v) is 5.99. The number of nitrogens with zero attached hydrogens (tertiary/aromatic N) is 3. The molecular formula is C13H18N4O2. The van der Waals surface area contributed by atoms with Crippen LogP contribution >= 0.6 is 0 Å². The van der Waals surface area contributed by atoms with Crippen LogP contribution in [0.15, 0.2) is 23.3 Å². The number of hydrogen-bond donors (Lipinski definition) is 1. The fraction of sp³-hybridized carbons (Fsp3) is 0.462. The van der Waals surface area contributed by atoms with Crippen LogP contribution in [0.4, 0.5) is 0 Å². The number of carbonyl (C=O) groups is 1. The van der Waals surface area contributed by atoms with E-state index in [4.69, 9.17) is 10.3 Å². The van der Waals surface area contributed by atoms with Gasteiger partial charge in [-0.2, -0.15) is 0 Å². The maximum absolute atomic E-state index is 11.9. The number of carbonyl (C=O) groups excluding carboxylic acids is 1. The highest BCUT2D eigenvalue weighted by molar-refractivity contribution is 5.78. The zero-order chi connectivity index (χ0) is 14.3. The Morgan fingerprint density at radius 2 is 2.26 bits per heavy atom. The first-order chi connectivity index (χ1) is 9.10. The Hall–Kier alpha value is -2.04. The Labute approximate surface area is 112 Å². The number of aryl methyl sites for hydroxylation is 2. The Bertz CT molecular complexity index is 495. The Morgan fingerprint density at radius 3 is 2.89 bits per heavy atom. The predicted octanol–water partition coefficient (Wildman–Crippen LogP) is 2.42. The Kier molecular flexibility index (Phi) is 5.85. The molecule has 0 spiro atoms. The highest BCUT2D eigenvalue weighted by Gasteiger charge is 2.22. The molecule has 0 bridgehead atoms. The van der Waals surface area contributed by atoms with E-state index in [1.165, 1.54) is 7.11 Å². The van der Waals surface area contributed by atoms with Gasteiger partial charge in [0.1, 0.15) is 6.04 Å². The van der Waals surface area contributed by atoms with E-state index in [0.717, 1.165) is 16.7 Å². The standard InChI is InChI=1S/C13H18N4O2/c1-9-4-5-10(2)11(8-9)12(13(18)19-3)15-6-7-16-17-14/h4-5,8,12,15H,6-7H2,1-3H3. The van der Waals surface area contributed by atoms with Crippen molar-refractivity contribution < 1.29 is 9.53 Å². The zero-order valence-corrected chi connectivity index (χ0v) is 11.4. The first-order valence-electron chi connectivity index (χ1n) is 5.99. The van der Waals surface area contributed by atoms with Crippen molar-refractivity contribution in [1.29, 1.82) is 0 Å². The SMILES string of the molecule is COC(=O)C(NCCN=[N+]=[N-])c1cc(C)ccc1C. The molecule has 0 amide bonds. The second-order valence-corrected chi connectivity index (χ2v) is 4.22. The number of rotatable bonds is 6. The molecule has 1 rings (SSSR count).